The summed E-state index contributed by atoms with van der Waals surface area (Å²) in [5.74, 6) is -1.82. The third kappa shape index (κ3) is 4.04. The first-order chi connectivity index (χ1) is 14.9. The molecule has 3 N–H and O–H groups in total. The van der Waals surface area contributed by atoms with Gasteiger partial charge in [-0.2, -0.15) is 4.39 Å². The van der Waals surface area contributed by atoms with Gasteiger partial charge in [0.1, 0.15) is 5.69 Å². The average molecular weight is 430 g/mol. The first-order valence-electron chi connectivity index (χ1n) is 9.67. The molecule has 0 radical (unpaired) electrons. The molecule has 0 spiro atoms. The van der Waals surface area contributed by atoms with Crippen molar-refractivity contribution in [3.05, 3.63) is 68.1 Å². The number of aromatic nitrogens is 3. The van der Waals surface area contributed by atoms with Gasteiger partial charge >= 0.3 is 5.69 Å². The minimum Gasteiger partial charge on any atom is -0.365 e. The molecule has 1 fully saturated rings. The summed E-state index contributed by atoms with van der Waals surface area (Å²) in [5.41, 5.74) is -0.859. The van der Waals surface area contributed by atoms with Gasteiger partial charge in [-0.15, -0.1) is 0 Å². The van der Waals surface area contributed by atoms with Crippen molar-refractivity contribution >= 4 is 22.5 Å². The second-order valence-corrected chi connectivity index (χ2v) is 7.22. The van der Waals surface area contributed by atoms with Gasteiger partial charge in [-0.25, -0.2) is 14.2 Å². The lowest BCUT2D eigenvalue weighted by Crippen LogP contribution is -2.46. The molecule has 1 aromatic carbocycles. The summed E-state index contributed by atoms with van der Waals surface area (Å²) in [5, 5.41) is 2.48. The molecular formula is C20H20F2N6O3. The monoisotopic (exact) mass is 430 g/mol. The van der Waals surface area contributed by atoms with Gasteiger partial charge in [0.2, 0.25) is 5.95 Å². The van der Waals surface area contributed by atoms with Crippen LogP contribution in [0, 0.1) is 11.8 Å². The van der Waals surface area contributed by atoms with Crippen LogP contribution >= 0.6 is 0 Å². The summed E-state index contributed by atoms with van der Waals surface area (Å²) in [6, 6.07) is 6.00. The molecule has 1 aliphatic rings. The van der Waals surface area contributed by atoms with E-state index in [1.807, 2.05) is 9.80 Å². The first-order valence-corrected chi connectivity index (χ1v) is 9.67. The Bertz CT molecular complexity index is 1260. The molecule has 1 amide bonds. The average Bonchev–Trinajstić information content (AvgIpc) is 2.76. The van der Waals surface area contributed by atoms with E-state index < -0.39 is 28.9 Å². The van der Waals surface area contributed by atoms with Crippen LogP contribution in [0.5, 0.6) is 0 Å². The number of fused-ring (bicyclic) bond motifs is 1. The van der Waals surface area contributed by atoms with Crippen LogP contribution in [0.3, 0.4) is 0 Å². The molecule has 0 aliphatic carbocycles. The molecular weight excluding hydrogens is 410 g/mol. The van der Waals surface area contributed by atoms with E-state index in [2.05, 4.69) is 20.3 Å². The fraction of sp³-hybridized carbons (Fsp3) is 0.300. The van der Waals surface area contributed by atoms with E-state index in [0.29, 0.717) is 37.4 Å². The topological polar surface area (TPSA) is 114 Å². The number of anilines is 1. The number of hydrogen-bond acceptors (Lipinski definition) is 6. The highest BCUT2D eigenvalue weighted by Crippen LogP contribution is 2.22. The number of hydrogen-bond donors (Lipinski definition) is 3. The number of amides is 1. The summed E-state index contributed by atoms with van der Waals surface area (Å²) in [6.45, 7) is 2.34. The predicted octanol–water partition coefficient (Wildman–Crippen LogP) is 0.571. The van der Waals surface area contributed by atoms with Crippen molar-refractivity contribution in [2.75, 3.05) is 38.1 Å². The highest BCUT2D eigenvalue weighted by Gasteiger charge is 2.22. The van der Waals surface area contributed by atoms with Gasteiger partial charge < -0.3 is 15.2 Å². The normalized spacial score (nSPS) is 14.7. The molecule has 4 rings (SSSR count). The maximum absolute atomic E-state index is 14.9. The molecule has 3 aromatic rings. The van der Waals surface area contributed by atoms with Gasteiger partial charge in [-0.1, -0.05) is 6.07 Å². The minimum absolute atomic E-state index is 0.00560. The quantitative estimate of drug-likeness (QED) is 0.522. The molecule has 1 saturated heterocycles. The van der Waals surface area contributed by atoms with E-state index in [9.17, 15) is 23.2 Å². The van der Waals surface area contributed by atoms with E-state index >= 15 is 0 Å². The first kappa shape index (κ1) is 20.7. The number of rotatable bonds is 4. The number of H-pyrrole nitrogens is 2. The van der Waals surface area contributed by atoms with Crippen molar-refractivity contribution in [1.29, 1.82) is 0 Å². The predicted molar refractivity (Wildman–Crippen MR) is 110 cm³/mol. The number of aromatic amines is 2. The van der Waals surface area contributed by atoms with Crippen LogP contribution in [0.1, 0.15) is 16.1 Å². The Kier molecular flexibility index (Phi) is 5.51. The lowest BCUT2D eigenvalue weighted by molar-refractivity contribution is 0.0957. The number of benzene rings is 1. The van der Waals surface area contributed by atoms with Gasteiger partial charge in [-0.3, -0.25) is 19.5 Å². The molecule has 0 atom stereocenters. The minimum atomic E-state index is -0.764. The fourth-order valence-electron chi connectivity index (χ4n) is 3.67. The molecule has 0 saturated carbocycles. The zero-order valence-corrected chi connectivity index (χ0v) is 16.7. The lowest BCUT2D eigenvalue weighted by atomic mass is 10.1. The summed E-state index contributed by atoms with van der Waals surface area (Å²) in [4.78, 5) is 46.8. The smallest absolute Gasteiger partial charge is 0.326 e. The van der Waals surface area contributed by atoms with Crippen molar-refractivity contribution in [3.63, 3.8) is 0 Å². The van der Waals surface area contributed by atoms with Gasteiger partial charge in [0, 0.05) is 45.3 Å². The molecule has 11 heteroatoms. The SMILES string of the molecule is CNC(=O)c1ccc(N2CCN(Cc3ccc4c(=O)[nH]c(=O)[nH]c4c3F)CC2)c(F)n1. The van der Waals surface area contributed by atoms with Crippen LogP contribution in [0.4, 0.5) is 14.5 Å². The van der Waals surface area contributed by atoms with Crippen molar-refractivity contribution in [2.24, 2.45) is 0 Å². The Balaban J connectivity index is 1.46. The summed E-state index contributed by atoms with van der Waals surface area (Å²) >= 11 is 0. The summed E-state index contributed by atoms with van der Waals surface area (Å²) in [6.07, 6.45) is 0. The maximum Gasteiger partial charge on any atom is 0.326 e. The van der Waals surface area contributed by atoms with Crippen LogP contribution in [0.15, 0.2) is 33.9 Å². The van der Waals surface area contributed by atoms with Crippen LogP contribution in [0.25, 0.3) is 10.9 Å². The summed E-state index contributed by atoms with van der Waals surface area (Å²) in [7, 11) is 1.45. The number of pyridine rings is 1. The van der Waals surface area contributed by atoms with Gasteiger partial charge in [-0.05, 0) is 18.2 Å². The largest absolute Gasteiger partial charge is 0.365 e. The molecule has 31 heavy (non-hydrogen) atoms. The van der Waals surface area contributed by atoms with E-state index in [1.54, 1.807) is 0 Å². The van der Waals surface area contributed by atoms with Gasteiger partial charge in [0.05, 0.1) is 16.6 Å². The van der Waals surface area contributed by atoms with E-state index in [4.69, 9.17) is 0 Å². The molecule has 0 bridgehead atoms. The maximum atomic E-state index is 14.9. The van der Waals surface area contributed by atoms with Crippen molar-refractivity contribution in [1.82, 2.24) is 25.2 Å². The number of nitrogens with one attached hydrogen (secondary N) is 3. The zero-order chi connectivity index (χ0) is 22.1. The number of carbonyl (C=O) groups is 1. The Labute approximate surface area is 174 Å². The zero-order valence-electron chi connectivity index (χ0n) is 16.7. The molecule has 162 valence electrons. The van der Waals surface area contributed by atoms with E-state index in [0.717, 1.165) is 0 Å². The van der Waals surface area contributed by atoms with E-state index in [-0.39, 0.29) is 23.1 Å². The highest BCUT2D eigenvalue weighted by atomic mass is 19.1. The Hall–Kier alpha value is -3.60. The number of nitrogens with zero attached hydrogens (tertiary/aromatic N) is 3. The third-order valence-electron chi connectivity index (χ3n) is 5.33. The number of carbonyl (C=O) groups excluding carboxylic acids is 1. The molecule has 0 unspecified atom stereocenters. The van der Waals surface area contributed by atoms with Gasteiger partial charge in [0.15, 0.2) is 5.82 Å². The van der Waals surface area contributed by atoms with Crippen LogP contribution in [-0.2, 0) is 6.54 Å². The molecule has 9 nitrogen and oxygen atoms in total. The van der Waals surface area contributed by atoms with Crippen LogP contribution in [-0.4, -0.2) is 59.0 Å². The molecule has 1 aliphatic heterocycles. The van der Waals surface area contributed by atoms with Gasteiger partial charge in [0.25, 0.3) is 11.5 Å². The Morgan fingerprint density at radius 3 is 2.52 bits per heavy atom. The number of halogens is 2. The third-order valence-corrected chi connectivity index (χ3v) is 5.33. The standard InChI is InChI=1S/C20H20F2N6O3/c1-23-19(30)13-4-5-14(17(22)24-13)28-8-6-27(7-9-28)10-11-2-3-12-16(15(11)21)25-20(31)26-18(12)29/h2-5H,6-10H2,1H3,(H,23,30)(H2,25,26,29,31). The summed E-state index contributed by atoms with van der Waals surface area (Å²) < 4.78 is 29.2. The van der Waals surface area contributed by atoms with Crippen LogP contribution in [0.2, 0.25) is 0 Å². The molecule has 3 heterocycles. The Morgan fingerprint density at radius 1 is 1.10 bits per heavy atom. The second kappa shape index (κ2) is 8.26. The van der Waals surface area contributed by atoms with Crippen molar-refractivity contribution in [2.45, 2.75) is 6.54 Å². The fourth-order valence-corrected chi connectivity index (χ4v) is 3.67. The second-order valence-electron chi connectivity index (χ2n) is 7.22. The van der Waals surface area contributed by atoms with Crippen molar-refractivity contribution in [3.8, 4) is 0 Å². The molecule has 2 aromatic heterocycles. The van der Waals surface area contributed by atoms with Crippen LogP contribution < -0.4 is 21.5 Å². The Morgan fingerprint density at radius 2 is 1.84 bits per heavy atom. The van der Waals surface area contributed by atoms with Crippen molar-refractivity contribution < 1.29 is 13.6 Å². The number of piperazine rings is 1. The highest BCUT2D eigenvalue weighted by molar-refractivity contribution is 5.92. The lowest BCUT2D eigenvalue weighted by Gasteiger charge is -2.36. The van der Waals surface area contributed by atoms with E-state index in [1.165, 1.54) is 31.3 Å².